The molecule has 2 unspecified atom stereocenters. The summed E-state index contributed by atoms with van der Waals surface area (Å²) in [6.45, 7) is 2.90. The first-order valence-corrected chi connectivity index (χ1v) is 10.8. The van der Waals surface area contributed by atoms with E-state index in [9.17, 15) is 23.2 Å². The Morgan fingerprint density at radius 3 is 2.67 bits per heavy atom. The number of nitrogens with zero attached hydrogens (tertiary/aromatic N) is 4. The Morgan fingerprint density at radius 2 is 1.97 bits per heavy atom. The van der Waals surface area contributed by atoms with Crippen LogP contribution in [-0.2, 0) is 9.53 Å². The number of piperidine rings is 1. The van der Waals surface area contributed by atoms with Crippen LogP contribution in [0.3, 0.4) is 0 Å². The molecule has 0 bridgehead atoms. The fourth-order valence-electron chi connectivity index (χ4n) is 4.70. The van der Waals surface area contributed by atoms with Crippen molar-refractivity contribution in [1.29, 1.82) is 5.26 Å². The third kappa shape index (κ3) is 5.81. The number of alkyl halides is 3. The number of anilines is 1. The van der Waals surface area contributed by atoms with Crippen molar-refractivity contribution >= 4 is 22.4 Å². The van der Waals surface area contributed by atoms with E-state index in [1.165, 1.54) is 0 Å². The summed E-state index contributed by atoms with van der Waals surface area (Å²) >= 11 is 0. The number of benzene rings is 1. The number of pyridine rings is 1. The van der Waals surface area contributed by atoms with E-state index in [-0.39, 0.29) is 39.1 Å². The number of carbonyl (C=O) groups excluding carboxylic acids is 1. The molecule has 0 amide bonds. The molecule has 1 aromatic carbocycles. The molecule has 3 heterocycles. The monoisotopic (exact) mass is 462 g/mol. The highest BCUT2D eigenvalue weighted by atomic mass is 19.4. The van der Waals surface area contributed by atoms with Crippen LogP contribution in [0.25, 0.3) is 10.9 Å². The zero-order valence-corrected chi connectivity index (χ0v) is 17.6. The lowest BCUT2D eigenvalue weighted by atomic mass is 9.85. The third-order valence-electron chi connectivity index (χ3n) is 6.23. The summed E-state index contributed by atoms with van der Waals surface area (Å²) < 4.78 is 46.6. The molecule has 2 aliphatic heterocycles. The number of aromatic nitrogens is 1. The van der Waals surface area contributed by atoms with Crippen LogP contribution in [0.1, 0.15) is 25.8 Å². The number of halogens is 3. The van der Waals surface area contributed by atoms with Gasteiger partial charge in [-0.2, -0.15) is 18.4 Å². The molecular weight excluding hydrogens is 433 g/mol. The highest BCUT2D eigenvalue weighted by Crippen LogP contribution is 2.39. The highest BCUT2D eigenvalue weighted by molar-refractivity contribution is 5.95. The lowest BCUT2D eigenvalue weighted by Crippen LogP contribution is -2.47. The first-order valence-electron chi connectivity index (χ1n) is 10.8. The van der Waals surface area contributed by atoms with Crippen molar-refractivity contribution in [3.63, 3.8) is 0 Å². The van der Waals surface area contributed by atoms with Gasteiger partial charge in [-0.15, -0.1) is 0 Å². The van der Waals surface area contributed by atoms with Crippen LogP contribution in [0, 0.1) is 23.2 Å². The number of ether oxygens (including phenoxy) is 1. The number of hydrogen-bond donors (Lipinski definition) is 0. The lowest BCUT2D eigenvalue weighted by Gasteiger charge is -2.40. The van der Waals surface area contributed by atoms with Crippen LogP contribution >= 0.6 is 0 Å². The fraction of sp³-hybridized carbons (Fsp3) is 0.542. The molecule has 9 heteroatoms. The number of fused-ring (bicyclic) bond motifs is 1. The Balaban J connectivity index is 0.00000306. The standard InChI is InChI=1S/C23H25F3N4O2.CH4/c24-23(25,26)18-10-16(11-19(31)15-29-6-8-32-9-7-29)13-30(14-18)21-4-3-17(12-27)22-20(21)2-1-5-28-22;/h1-5,16,18H,6-11,13-15H2;1H4. The van der Waals surface area contributed by atoms with Crippen molar-refractivity contribution in [2.75, 3.05) is 50.8 Å². The van der Waals surface area contributed by atoms with Gasteiger partial charge in [0.1, 0.15) is 11.9 Å². The van der Waals surface area contributed by atoms with Crippen LogP contribution in [0.15, 0.2) is 30.5 Å². The van der Waals surface area contributed by atoms with Gasteiger partial charge >= 0.3 is 6.18 Å². The summed E-state index contributed by atoms with van der Waals surface area (Å²) in [6.07, 6.45) is -2.71. The summed E-state index contributed by atoms with van der Waals surface area (Å²) in [5.41, 5.74) is 1.47. The van der Waals surface area contributed by atoms with Gasteiger partial charge in [-0.3, -0.25) is 14.7 Å². The molecule has 0 saturated carbocycles. The normalized spacial score (nSPS) is 21.9. The second-order valence-electron chi connectivity index (χ2n) is 8.52. The van der Waals surface area contributed by atoms with E-state index in [2.05, 4.69) is 11.1 Å². The summed E-state index contributed by atoms with van der Waals surface area (Å²) in [5, 5.41) is 10.0. The van der Waals surface area contributed by atoms with Crippen molar-refractivity contribution in [3.8, 4) is 6.07 Å². The van der Waals surface area contributed by atoms with Crippen LogP contribution in [0.5, 0.6) is 0 Å². The number of hydrogen-bond acceptors (Lipinski definition) is 6. The first-order chi connectivity index (χ1) is 15.3. The molecule has 2 aromatic rings. The maximum Gasteiger partial charge on any atom is 0.393 e. The van der Waals surface area contributed by atoms with Gasteiger partial charge < -0.3 is 9.64 Å². The van der Waals surface area contributed by atoms with Crippen LogP contribution < -0.4 is 4.90 Å². The van der Waals surface area contributed by atoms with Crippen molar-refractivity contribution in [3.05, 3.63) is 36.0 Å². The minimum Gasteiger partial charge on any atom is -0.379 e. The van der Waals surface area contributed by atoms with Crippen molar-refractivity contribution in [2.45, 2.75) is 26.4 Å². The first kappa shape index (κ1) is 24.9. The third-order valence-corrected chi connectivity index (χ3v) is 6.23. The topological polar surface area (TPSA) is 69.5 Å². The zero-order chi connectivity index (χ0) is 22.7. The number of morpholine rings is 1. The molecule has 0 N–H and O–H groups in total. The largest absolute Gasteiger partial charge is 0.393 e. The van der Waals surface area contributed by atoms with E-state index >= 15 is 0 Å². The van der Waals surface area contributed by atoms with E-state index < -0.39 is 18.0 Å². The van der Waals surface area contributed by atoms with Gasteiger partial charge in [-0.1, -0.05) is 7.43 Å². The summed E-state index contributed by atoms with van der Waals surface area (Å²) in [4.78, 5) is 20.6. The molecule has 2 saturated heterocycles. The predicted molar refractivity (Wildman–Crippen MR) is 120 cm³/mol. The lowest BCUT2D eigenvalue weighted by molar-refractivity contribution is -0.179. The molecule has 2 atom stereocenters. The van der Waals surface area contributed by atoms with Crippen molar-refractivity contribution in [2.24, 2.45) is 11.8 Å². The molecule has 4 rings (SSSR count). The average molecular weight is 463 g/mol. The van der Waals surface area contributed by atoms with Gasteiger partial charge in [-0.25, -0.2) is 0 Å². The summed E-state index contributed by atoms with van der Waals surface area (Å²) in [7, 11) is 0. The molecule has 0 aliphatic carbocycles. The zero-order valence-electron chi connectivity index (χ0n) is 17.6. The van der Waals surface area contributed by atoms with Gasteiger partial charge in [-0.05, 0) is 36.6 Å². The van der Waals surface area contributed by atoms with Crippen LogP contribution in [0.2, 0.25) is 0 Å². The average Bonchev–Trinajstić information content (AvgIpc) is 2.78. The molecular formula is C24H29F3N4O2. The van der Waals surface area contributed by atoms with E-state index in [0.717, 1.165) is 0 Å². The molecule has 33 heavy (non-hydrogen) atoms. The quantitative estimate of drug-likeness (QED) is 0.668. The molecule has 2 aliphatic rings. The van der Waals surface area contributed by atoms with E-state index in [1.807, 2.05) is 4.90 Å². The van der Waals surface area contributed by atoms with Gasteiger partial charge in [0.2, 0.25) is 0 Å². The number of nitriles is 1. The van der Waals surface area contributed by atoms with E-state index in [1.54, 1.807) is 35.4 Å². The van der Waals surface area contributed by atoms with Gasteiger partial charge in [0, 0.05) is 49.9 Å². The number of Topliss-reactive ketones (excluding diaryl/α,β-unsaturated/α-hetero) is 1. The Kier molecular flexibility index (Phi) is 7.92. The SMILES string of the molecule is C.N#Cc1ccc(N2CC(CC(=O)CN3CCOCC3)CC(C(F)(F)F)C2)c2cccnc12. The van der Waals surface area contributed by atoms with Gasteiger partial charge in [0.25, 0.3) is 0 Å². The second-order valence-corrected chi connectivity index (χ2v) is 8.52. The minimum absolute atomic E-state index is 0. The molecule has 1 aromatic heterocycles. The summed E-state index contributed by atoms with van der Waals surface area (Å²) in [6, 6.07) is 8.86. The second kappa shape index (κ2) is 10.5. The minimum atomic E-state index is -4.34. The molecule has 6 nitrogen and oxygen atoms in total. The van der Waals surface area contributed by atoms with Gasteiger partial charge in [0.05, 0.1) is 36.8 Å². The fourth-order valence-corrected chi connectivity index (χ4v) is 4.70. The summed E-state index contributed by atoms with van der Waals surface area (Å²) in [5.74, 6) is -1.95. The van der Waals surface area contributed by atoms with Gasteiger partial charge in [0.15, 0.2) is 0 Å². The number of ketones is 1. The molecule has 0 spiro atoms. The van der Waals surface area contributed by atoms with E-state index in [4.69, 9.17) is 4.74 Å². The Labute approximate surface area is 191 Å². The van der Waals surface area contributed by atoms with E-state index in [0.29, 0.717) is 55.0 Å². The Hall–Kier alpha value is -2.70. The van der Waals surface area contributed by atoms with Crippen LogP contribution in [-0.4, -0.2) is 67.8 Å². The van der Waals surface area contributed by atoms with Crippen LogP contribution in [0.4, 0.5) is 18.9 Å². The van der Waals surface area contributed by atoms with Crippen molar-refractivity contribution in [1.82, 2.24) is 9.88 Å². The number of carbonyl (C=O) groups is 1. The van der Waals surface area contributed by atoms with Crippen molar-refractivity contribution < 1.29 is 22.7 Å². The molecule has 178 valence electrons. The smallest absolute Gasteiger partial charge is 0.379 e. The molecule has 2 fully saturated rings. The predicted octanol–water partition coefficient (Wildman–Crippen LogP) is 4.04. The Morgan fingerprint density at radius 1 is 1.21 bits per heavy atom. The maximum absolute atomic E-state index is 13.8. The number of rotatable bonds is 5. The Bertz CT molecular complexity index is 1010. The maximum atomic E-state index is 13.8. The highest BCUT2D eigenvalue weighted by Gasteiger charge is 2.45. The molecule has 0 radical (unpaired) electrons.